The Labute approximate surface area is 108 Å². The van der Waals surface area contributed by atoms with Crippen LogP contribution < -0.4 is 10.6 Å². The lowest BCUT2D eigenvalue weighted by atomic mass is 10.1. The Bertz CT molecular complexity index is 363. The molecule has 0 aromatic rings. The molecule has 8 heteroatoms. The van der Waals surface area contributed by atoms with E-state index in [1.54, 1.807) is 7.11 Å². The number of nitrogens with one attached hydrogen (secondary N) is 2. The van der Waals surface area contributed by atoms with Crippen LogP contribution in [0.25, 0.3) is 0 Å². The highest BCUT2D eigenvalue weighted by Crippen LogP contribution is 2.12. The number of hydrogen-bond donors (Lipinski definition) is 2. The van der Waals surface area contributed by atoms with Crippen molar-refractivity contribution in [3.05, 3.63) is 0 Å². The van der Waals surface area contributed by atoms with E-state index in [1.165, 1.54) is 10.6 Å². The molecule has 2 N–H and O–H groups in total. The minimum absolute atomic E-state index is 0.0329. The minimum atomic E-state index is -3.11. The molecule has 0 aromatic carbocycles. The molecule has 1 heterocycles. The standard InChI is InChI=1S/C10H21N3O4S/c1-17-8-5-11-10(14)12-9-3-6-13(7-4-9)18(2,15)16/h9H,3-8H2,1-2H3,(H2,11,12,14). The predicted octanol–water partition coefficient (Wildman–Crippen LogP) is -0.644. The molecule has 2 amide bonds. The number of piperidine rings is 1. The van der Waals surface area contributed by atoms with Gasteiger partial charge in [0.1, 0.15) is 0 Å². The highest BCUT2D eigenvalue weighted by molar-refractivity contribution is 7.88. The maximum Gasteiger partial charge on any atom is 0.315 e. The summed E-state index contributed by atoms with van der Waals surface area (Å²) in [5.74, 6) is 0. The quantitative estimate of drug-likeness (QED) is 0.655. The molecule has 1 fully saturated rings. The lowest BCUT2D eigenvalue weighted by molar-refractivity contribution is 0.193. The summed E-state index contributed by atoms with van der Waals surface area (Å²) in [5.41, 5.74) is 0. The maximum absolute atomic E-state index is 11.5. The molecular formula is C10H21N3O4S. The molecule has 0 aromatic heterocycles. The molecule has 0 spiro atoms. The topological polar surface area (TPSA) is 87.7 Å². The first-order chi connectivity index (χ1) is 8.43. The molecule has 1 aliphatic heterocycles. The molecule has 0 atom stereocenters. The second-order valence-electron chi connectivity index (χ2n) is 4.33. The molecule has 0 unspecified atom stereocenters. The van der Waals surface area contributed by atoms with Crippen molar-refractivity contribution in [1.29, 1.82) is 0 Å². The van der Waals surface area contributed by atoms with Gasteiger partial charge < -0.3 is 15.4 Å². The van der Waals surface area contributed by atoms with Gasteiger partial charge in [-0.2, -0.15) is 0 Å². The fourth-order valence-electron chi connectivity index (χ4n) is 1.83. The van der Waals surface area contributed by atoms with E-state index in [0.29, 0.717) is 39.1 Å². The zero-order valence-electron chi connectivity index (χ0n) is 10.8. The van der Waals surface area contributed by atoms with Gasteiger partial charge in [-0.3, -0.25) is 0 Å². The summed E-state index contributed by atoms with van der Waals surface area (Å²) in [6.07, 6.45) is 2.49. The second-order valence-corrected chi connectivity index (χ2v) is 6.31. The Kier molecular flexibility index (Phi) is 5.83. The van der Waals surface area contributed by atoms with E-state index in [9.17, 15) is 13.2 Å². The molecule has 1 rings (SSSR count). The molecule has 0 saturated carbocycles. The third-order valence-corrected chi connectivity index (χ3v) is 4.15. The van der Waals surface area contributed by atoms with E-state index in [2.05, 4.69) is 10.6 Å². The average Bonchev–Trinajstić information content (AvgIpc) is 2.29. The third-order valence-electron chi connectivity index (χ3n) is 2.85. The van der Waals surface area contributed by atoms with Gasteiger partial charge in [0.05, 0.1) is 12.9 Å². The summed E-state index contributed by atoms with van der Waals surface area (Å²) < 4.78 is 28.9. The van der Waals surface area contributed by atoms with Gasteiger partial charge in [0.15, 0.2) is 0 Å². The van der Waals surface area contributed by atoms with Gasteiger partial charge >= 0.3 is 6.03 Å². The van der Waals surface area contributed by atoms with E-state index in [0.717, 1.165) is 0 Å². The summed E-state index contributed by atoms with van der Waals surface area (Å²) >= 11 is 0. The SMILES string of the molecule is COCCNC(=O)NC1CCN(S(C)(=O)=O)CC1. The van der Waals surface area contributed by atoms with Gasteiger partial charge in [0, 0.05) is 32.8 Å². The smallest absolute Gasteiger partial charge is 0.315 e. The van der Waals surface area contributed by atoms with Crippen molar-refractivity contribution in [2.75, 3.05) is 39.6 Å². The fourth-order valence-corrected chi connectivity index (χ4v) is 2.71. The summed E-state index contributed by atoms with van der Waals surface area (Å²) in [6, 6.07) is -0.199. The van der Waals surface area contributed by atoms with Crippen LogP contribution in [0.2, 0.25) is 0 Å². The van der Waals surface area contributed by atoms with Crippen LogP contribution in [0.5, 0.6) is 0 Å². The number of urea groups is 1. The normalized spacial score (nSPS) is 18.6. The first kappa shape index (κ1) is 15.2. The third kappa shape index (κ3) is 5.19. The lowest BCUT2D eigenvalue weighted by Gasteiger charge is -2.30. The zero-order valence-corrected chi connectivity index (χ0v) is 11.6. The fraction of sp³-hybridized carbons (Fsp3) is 0.900. The van der Waals surface area contributed by atoms with E-state index in [4.69, 9.17) is 4.74 Å². The molecule has 1 saturated heterocycles. The van der Waals surface area contributed by atoms with E-state index in [1.807, 2.05) is 0 Å². The van der Waals surface area contributed by atoms with Crippen molar-refractivity contribution in [2.45, 2.75) is 18.9 Å². The average molecular weight is 279 g/mol. The van der Waals surface area contributed by atoms with Crippen molar-refractivity contribution in [2.24, 2.45) is 0 Å². The molecule has 18 heavy (non-hydrogen) atoms. The number of nitrogens with zero attached hydrogens (tertiary/aromatic N) is 1. The highest BCUT2D eigenvalue weighted by atomic mass is 32.2. The Balaban J connectivity index is 2.25. The maximum atomic E-state index is 11.5. The van der Waals surface area contributed by atoms with Crippen LogP contribution in [0, 0.1) is 0 Å². The van der Waals surface area contributed by atoms with Crippen molar-refractivity contribution < 1.29 is 17.9 Å². The number of sulfonamides is 1. The van der Waals surface area contributed by atoms with Crippen molar-refractivity contribution in [3.63, 3.8) is 0 Å². The number of rotatable bonds is 5. The highest BCUT2D eigenvalue weighted by Gasteiger charge is 2.25. The molecule has 0 aliphatic carbocycles. The van der Waals surface area contributed by atoms with Crippen molar-refractivity contribution >= 4 is 16.1 Å². The Morgan fingerprint density at radius 3 is 2.50 bits per heavy atom. The van der Waals surface area contributed by atoms with Gasteiger partial charge in [0.25, 0.3) is 0 Å². The van der Waals surface area contributed by atoms with Crippen LogP contribution in [-0.2, 0) is 14.8 Å². The molecular weight excluding hydrogens is 258 g/mol. The van der Waals surface area contributed by atoms with Crippen molar-refractivity contribution in [3.8, 4) is 0 Å². The van der Waals surface area contributed by atoms with Crippen LogP contribution in [0.4, 0.5) is 4.79 Å². The van der Waals surface area contributed by atoms with Crippen molar-refractivity contribution in [1.82, 2.24) is 14.9 Å². The van der Waals surface area contributed by atoms with Gasteiger partial charge in [-0.05, 0) is 12.8 Å². The van der Waals surface area contributed by atoms with Gasteiger partial charge in [0.2, 0.25) is 10.0 Å². The number of methoxy groups -OCH3 is 1. The summed E-state index contributed by atoms with van der Waals surface area (Å²) in [4.78, 5) is 11.5. The molecule has 0 bridgehead atoms. The van der Waals surface area contributed by atoms with Gasteiger partial charge in [-0.1, -0.05) is 0 Å². The molecule has 1 aliphatic rings. The monoisotopic (exact) mass is 279 g/mol. The summed E-state index contributed by atoms with van der Waals surface area (Å²) in [6.45, 7) is 1.86. The Morgan fingerprint density at radius 1 is 1.39 bits per heavy atom. The van der Waals surface area contributed by atoms with Crippen LogP contribution >= 0.6 is 0 Å². The molecule has 106 valence electrons. The largest absolute Gasteiger partial charge is 0.383 e. The number of carbonyl (C=O) groups is 1. The first-order valence-corrected chi connectivity index (χ1v) is 7.76. The summed E-state index contributed by atoms with van der Waals surface area (Å²) in [5, 5.41) is 5.49. The second kappa shape index (κ2) is 6.91. The van der Waals surface area contributed by atoms with E-state index >= 15 is 0 Å². The van der Waals surface area contributed by atoms with E-state index in [-0.39, 0.29) is 12.1 Å². The molecule has 7 nitrogen and oxygen atoms in total. The van der Waals surface area contributed by atoms with E-state index < -0.39 is 10.0 Å². The van der Waals surface area contributed by atoms with Crippen LogP contribution in [0.3, 0.4) is 0 Å². The minimum Gasteiger partial charge on any atom is -0.383 e. The first-order valence-electron chi connectivity index (χ1n) is 5.92. The van der Waals surface area contributed by atoms with Gasteiger partial charge in [-0.15, -0.1) is 0 Å². The predicted molar refractivity (Wildman–Crippen MR) is 67.8 cm³/mol. The zero-order chi connectivity index (χ0) is 13.6. The Morgan fingerprint density at radius 2 is 2.00 bits per heavy atom. The van der Waals surface area contributed by atoms with Crippen LogP contribution in [0.15, 0.2) is 0 Å². The number of hydrogen-bond acceptors (Lipinski definition) is 4. The Hall–Kier alpha value is -0.860. The van der Waals surface area contributed by atoms with Crippen LogP contribution in [-0.4, -0.2) is 64.4 Å². The number of ether oxygens (including phenoxy) is 1. The van der Waals surface area contributed by atoms with Crippen LogP contribution in [0.1, 0.15) is 12.8 Å². The summed E-state index contributed by atoms with van der Waals surface area (Å²) in [7, 11) is -1.54. The molecule has 0 radical (unpaired) electrons. The number of carbonyl (C=O) groups excluding carboxylic acids is 1. The van der Waals surface area contributed by atoms with Gasteiger partial charge in [-0.25, -0.2) is 17.5 Å². The lowest BCUT2D eigenvalue weighted by Crippen LogP contribution is -2.49. The number of amides is 2.